The standard InChI is InChI=1S/C25H26F3N3O5/c1-16-20(29-11-10-21(16)36-15-25(26,27)28)14-35-22-9-4-17(12-23(22)34-3)13-30-24(32)31-18-5-7-19(33-2)8-6-18/h4-12H,13-15H2,1-3H3,(H2,30,31,32). The Morgan fingerprint density at radius 2 is 1.69 bits per heavy atom. The molecule has 0 atom stereocenters. The summed E-state index contributed by atoms with van der Waals surface area (Å²) in [6.45, 7) is 0.450. The van der Waals surface area contributed by atoms with E-state index < -0.39 is 12.8 Å². The molecule has 0 aliphatic rings. The van der Waals surface area contributed by atoms with Crippen LogP contribution in [0.2, 0.25) is 0 Å². The molecule has 192 valence electrons. The van der Waals surface area contributed by atoms with Crippen LogP contribution in [-0.4, -0.2) is 38.0 Å². The van der Waals surface area contributed by atoms with E-state index in [0.717, 1.165) is 5.56 Å². The third kappa shape index (κ3) is 7.69. The zero-order chi connectivity index (χ0) is 26.1. The molecule has 8 nitrogen and oxygen atoms in total. The molecule has 11 heteroatoms. The Hall–Kier alpha value is -4.15. The van der Waals surface area contributed by atoms with Crippen LogP contribution in [0.15, 0.2) is 54.7 Å². The maximum atomic E-state index is 12.5. The molecule has 2 aromatic carbocycles. The number of alkyl halides is 3. The van der Waals surface area contributed by atoms with Gasteiger partial charge in [0.25, 0.3) is 0 Å². The number of amides is 2. The lowest BCUT2D eigenvalue weighted by Gasteiger charge is -2.15. The fourth-order valence-corrected chi connectivity index (χ4v) is 3.14. The number of carbonyl (C=O) groups excluding carboxylic acids is 1. The molecule has 0 aliphatic heterocycles. The number of nitrogens with zero attached hydrogens (tertiary/aromatic N) is 1. The number of ether oxygens (including phenoxy) is 4. The van der Waals surface area contributed by atoms with Crippen LogP contribution in [0.5, 0.6) is 23.0 Å². The summed E-state index contributed by atoms with van der Waals surface area (Å²) < 4.78 is 58.6. The zero-order valence-corrected chi connectivity index (χ0v) is 19.9. The summed E-state index contributed by atoms with van der Waals surface area (Å²) in [5.41, 5.74) is 2.26. The first-order chi connectivity index (χ1) is 17.2. The van der Waals surface area contributed by atoms with E-state index in [1.165, 1.54) is 19.4 Å². The number of benzene rings is 2. The van der Waals surface area contributed by atoms with E-state index in [2.05, 4.69) is 15.6 Å². The quantitative estimate of drug-likeness (QED) is 0.391. The Morgan fingerprint density at radius 3 is 2.36 bits per heavy atom. The van der Waals surface area contributed by atoms with Gasteiger partial charge in [-0.05, 0) is 55.0 Å². The van der Waals surface area contributed by atoms with Gasteiger partial charge in [-0.25, -0.2) is 4.79 Å². The van der Waals surface area contributed by atoms with Crippen LogP contribution in [0.25, 0.3) is 0 Å². The van der Waals surface area contributed by atoms with E-state index in [4.69, 9.17) is 18.9 Å². The first-order valence-corrected chi connectivity index (χ1v) is 10.8. The average Bonchev–Trinajstić information content (AvgIpc) is 2.86. The number of hydrogen-bond donors (Lipinski definition) is 2. The Labute approximate surface area is 206 Å². The van der Waals surface area contributed by atoms with Gasteiger partial charge in [-0.2, -0.15) is 13.2 Å². The Kier molecular flexibility index (Phi) is 8.82. The molecule has 0 radical (unpaired) electrons. The summed E-state index contributed by atoms with van der Waals surface area (Å²) in [5, 5.41) is 5.49. The molecule has 0 spiro atoms. The van der Waals surface area contributed by atoms with Crippen LogP contribution in [0.4, 0.5) is 23.7 Å². The largest absolute Gasteiger partial charge is 0.497 e. The van der Waals surface area contributed by atoms with Crippen LogP contribution in [0.1, 0.15) is 16.8 Å². The van der Waals surface area contributed by atoms with Gasteiger partial charge < -0.3 is 29.6 Å². The van der Waals surface area contributed by atoms with E-state index in [-0.39, 0.29) is 24.9 Å². The molecule has 0 saturated carbocycles. The number of urea groups is 1. The third-order valence-electron chi connectivity index (χ3n) is 5.04. The Bertz CT molecular complexity index is 1170. The lowest BCUT2D eigenvalue weighted by molar-refractivity contribution is -0.153. The van der Waals surface area contributed by atoms with Gasteiger partial charge in [-0.1, -0.05) is 6.07 Å². The SMILES string of the molecule is COc1ccc(NC(=O)NCc2ccc(OCc3nccc(OCC(F)(F)F)c3C)c(OC)c2)cc1. The smallest absolute Gasteiger partial charge is 0.422 e. The van der Waals surface area contributed by atoms with Gasteiger partial charge in [0.05, 0.1) is 19.9 Å². The number of halogens is 3. The van der Waals surface area contributed by atoms with Gasteiger partial charge in [0.2, 0.25) is 0 Å². The van der Waals surface area contributed by atoms with Gasteiger partial charge in [0.1, 0.15) is 18.1 Å². The fourth-order valence-electron chi connectivity index (χ4n) is 3.14. The molecule has 3 rings (SSSR count). The summed E-state index contributed by atoms with van der Waals surface area (Å²) in [6, 6.07) is 13.1. The number of pyridine rings is 1. The molecule has 0 aliphatic carbocycles. The molecule has 36 heavy (non-hydrogen) atoms. The van der Waals surface area contributed by atoms with Crippen molar-refractivity contribution in [1.29, 1.82) is 0 Å². The van der Waals surface area contributed by atoms with Gasteiger partial charge in [0.15, 0.2) is 18.1 Å². The van der Waals surface area contributed by atoms with E-state index in [1.54, 1.807) is 56.5 Å². The van der Waals surface area contributed by atoms with Gasteiger partial charge in [-0.3, -0.25) is 4.98 Å². The molecule has 0 saturated heterocycles. The predicted octanol–water partition coefficient (Wildman–Crippen LogP) is 5.25. The van der Waals surface area contributed by atoms with E-state index in [1.807, 2.05) is 0 Å². The molecular weight excluding hydrogens is 479 g/mol. The van der Waals surface area contributed by atoms with Crippen molar-refractivity contribution >= 4 is 11.7 Å². The van der Waals surface area contributed by atoms with Crippen molar-refractivity contribution < 1.29 is 36.9 Å². The van der Waals surface area contributed by atoms with E-state index in [0.29, 0.717) is 34.2 Å². The minimum atomic E-state index is -4.44. The minimum absolute atomic E-state index is 0.00667. The number of aromatic nitrogens is 1. The van der Waals surface area contributed by atoms with Gasteiger partial charge >= 0.3 is 12.2 Å². The molecule has 1 heterocycles. The number of nitrogens with one attached hydrogen (secondary N) is 2. The van der Waals surface area contributed by atoms with Crippen molar-refractivity contribution in [2.45, 2.75) is 26.3 Å². The zero-order valence-electron chi connectivity index (χ0n) is 19.9. The van der Waals surface area contributed by atoms with Crippen LogP contribution >= 0.6 is 0 Å². The minimum Gasteiger partial charge on any atom is -0.497 e. The number of anilines is 1. The topological polar surface area (TPSA) is 90.9 Å². The lowest BCUT2D eigenvalue weighted by atomic mass is 10.2. The number of carbonyl (C=O) groups is 1. The first kappa shape index (κ1) is 26.5. The van der Waals surface area contributed by atoms with Gasteiger partial charge in [-0.15, -0.1) is 0 Å². The molecule has 2 amide bonds. The number of methoxy groups -OCH3 is 2. The molecular formula is C25H26F3N3O5. The molecule has 0 bridgehead atoms. The fraction of sp³-hybridized carbons (Fsp3) is 0.280. The summed E-state index contributed by atoms with van der Waals surface area (Å²) in [5.74, 6) is 1.60. The number of hydrogen-bond acceptors (Lipinski definition) is 6. The summed E-state index contributed by atoms with van der Waals surface area (Å²) in [6.07, 6.45) is -3.08. The van der Waals surface area contributed by atoms with Crippen molar-refractivity contribution in [3.63, 3.8) is 0 Å². The van der Waals surface area contributed by atoms with Crippen molar-refractivity contribution in [3.05, 3.63) is 71.5 Å². The predicted molar refractivity (Wildman–Crippen MR) is 127 cm³/mol. The first-order valence-electron chi connectivity index (χ1n) is 10.8. The Morgan fingerprint density at radius 1 is 0.944 bits per heavy atom. The maximum absolute atomic E-state index is 12.5. The maximum Gasteiger partial charge on any atom is 0.422 e. The van der Waals surface area contributed by atoms with Crippen molar-refractivity contribution in [3.8, 4) is 23.0 Å². The highest BCUT2D eigenvalue weighted by atomic mass is 19.4. The number of rotatable bonds is 10. The highest BCUT2D eigenvalue weighted by molar-refractivity contribution is 5.89. The summed E-state index contributed by atoms with van der Waals surface area (Å²) in [4.78, 5) is 16.4. The Balaban J connectivity index is 1.57. The second-order valence-corrected chi connectivity index (χ2v) is 7.59. The molecule has 3 aromatic rings. The second-order valence-electron chi connectivity index (χ2n) is 7.59. The lowest BCUT2D eigenvalue weighted by Crippen LogP contribution is -2.28. The van der Waals surface area contributed by atoms with Crippen molar-refractivity contribution in [1.82, 2.24) is 10.3 Å². The molecule has 0 unspecified atom stereocenters. The monoisotopic (exact) mass is 505 g/mol. The van der Waals surface area contributed by atoms with Crippen molar-refractivity contribution in [2.24, 2.45) is 0 Å². The normalized spacial score (nSPS) is 10.9. The van der Waals surface area contributed by atoms with Crippen LogP contribution in [0, 0.1) is 6.92 Å². The van der Waals surface area contributed by atoms with E-state index >= 15 is 0 Å². The molecule has 2 N–H and O–H groups in total. The third-order valence-corrected chi connectivity index (χ3v) is 5.04. The van der Waals surface area contributed by atoms with Crippen LogP contribution < -0.4 is 29.6 Å². The molecule has 1 aromatic heterocycles. The summed E-state index contributed by atoms with van der Waals surface area (Å²) in [7, 11) is 3.04. The van der Waals surface area contributed by atoms with E-state index in [9.17, 15) is 18.0 Å². The van der Waals surface area contributed by atoms with Crippen LogP contribution in [0.3, 0.4) is 0 Å². The van der Waals surface area contributed by atoms with Crippen molar-refractivity contribution in [2.75, 3.05) is 26.1 Å². The second kappa shape index (κ2) is 12.0. The molecule has 0 fully saturated rings. The highest BCUT2D eigenvalue weighted by Gasteiger charge is 2.28. The highest BCUT2D eigenvalue weighted by Crippen LogP contribution is 2.30. The van der Waals surface area contributed by atoms with Crippen LogP contribution in [-0.2, 0) is 13.2 Å². The average molecular weight is 505 g/mol. The van der Waals surface area contributed by atoms with Gasteiger partial charge in [0, 0.05) is 24.0 Å². The summed E-state index contributed by atoms with van der Waals surface area (Å²) >= 11 is 0.